The lowest BCUT2D eigenvalue weighted by Crippen LogP contribution is -2.36. The molecule has 0 radical (unpaired) electrons. The fraction of sp³-hybridized carbons (Fsp3) is 0.500. The number of nitrogens with zero attached hydrogens (tertiary/aromatic N) is 2. The molecule has 7 heteroatoms. The van der Waals surface area contributed by atoms with Crippen LogP contribution in [0.3, 0.4) is 0 Å². The molecule has 0 saturated heterocycles. The van der Waals surface area contributed by atoms with Gasteiger partial charge in [0.2, 0.25) is 0 Å². The molecule has 0 unspecified atom stereocenters. The van der Waals surface area contributed by atoms with Crippen molar-refractivity contribution in [3.05, 3.63) is 29.6 Å². The first kappa shape index (κ1) is 15.4. The van der Waals surface area contributed by atoms with Crippen LogP contribution in [0.5, 0.6) is 0 Å². The van der Waals surface area contributed by atoms with Gasteiger partial charge < -0.3 is 10.6 Å². The monoisotopic (exact) mass is 275 g/mol. The summed E-state index contributed by atoms with van der Waals surface area (Å²) in [6.45, 7) is 3.05. The number of hydrogen-bond acceptors (Lipinski definition) is 3. The Balaban J connectivity index is 2.87. The van der Waals surface area contributed by atoms with Gasteiger partial charge in [0.25, 0.3) is 5.91 Å². The van der Waals surface area contributed by atoms with Crippen molar-refractivity contribution >= 4 is 5.91 Å². The molecule has 0 aliphatic heterocycles. The summed E-state index contributed by atoms with van der Waals surface area (Å²) in [7, 11) is 0. The van der Waals surface area contributed by atoms with Crippen LogP contribution in [-0.4, -0.2) is 35.4 Å². The van der Waals surface area contributed by atoms with Crippen LogP contribution in [0.15, 0.2) is 18.3 Å². The predicted octanol–water partition coefficient (Wildman–Crippen LogP) is 1.91. The Morgan fingerprint density at radius 3 is 2.47 bits per heavy atom. The third-order valence-electron chi connectivity index (χ3n) is 2.49. The van der Waals surface area contributed by atoms with Gasteiger partial charge in [0, 0.05) is 25.8 Å². The second kappa shape index (κ2) is 6.51. The Morgan fingerprint density at radius 1 is 1.37 bits per heavy atom. The van der Waals surface area contributed by atoms with Crippen molar-refractivity contribution in [2.75, 3.05) is 19.6 Å². The van der Waals surface area contributed by atoms with Gasteiger partial charge in [-0.2, -0.15) is 13.2 Å². The molecule has 0 saturated carbocycles. The van der Waals surface area contributed by atoms with Crippen molar-refractivity contribution in [3.63, 3.8) is 0 Å². The van der Waals surface area contributed by atoms with Crippen LogP contribution >= 0.6 is 0 Å². The topological polar surface area (TPSA) is 59.2 Å². The molecule has 4 nitrogen and oxygen atoms in total. The average molecular weight is 275 g/mol. The van der Waals surface area contributed by atoms with Crippen LogP contribution in [-0.2, 0) is 6.18 Å². The van der Waals surface area contributed by atoms with Crippen molar-refractivity contribution in [2.24, 2.45) is 5.73 Å². The van der Waals surface area contributed by atoms with E-state index in [1.165, 1.54) is 4.90 Å². The average Bonchev–Trinajstić information content (AvgIpc) is 2.37. The van der Waals surface area contributed by atoms with E-state index in [9.17, 15) is 18.0 Å². The largest absolute Gasteiger partial charge is 0.417 e. The molecule has 19 heavy (non-hydrogen) atoms. The summed E-state index contributed by atoms with van der Waals surface area (Å²) in [5, 5.41) is 0. The van der Waals surface area contributed by atoms with Crippen LogP contribution in [0.1, 0.15) is 29.4 Å². The summed E-state index contributed by atoms with van der Waals surface area (Å²) in [4.78, 5) is 17.1. The van der Waals surface area contributed by atoms with Gasteiger partial charge in [0.15, 0.2) is 0 Å². The molecule has 1 aromatic heterocycles. The molecule has 1 amide bonds. The number of pyridine rings is 1. The minimum Gasteiger partial charge on any atom is -0.336 e. The number of halogens is 3. The minimum absolute atomic E-state index is 0.00472. The van der Waals surface area contributed by atoms with Crippen molar-refractivity contribution in [3.8, 4) is 0 Å². The van der Waals surface area contributed by atoms with E-state index in [4.69, 9.17) is 5.73 Å². The van der Waals surface area contributed by atoms with E-state index in [-0.39, 0.29) is 5.69 Å². The quantitative estimate of drug-likeness (QED) is 0.893. The van der Waals surface area contributed by atoms with Gasteiger partial charge in [0.05, 0.1) is 5.56 Å². The number of rotatable bonds is 5. The maximum absolute atomic E-state index is 12.4. The molecule has 1 rings (SSSR count). The lowest BCUT2D eigenvalue weighted by Gasteiger charge is -2.20. The fourth-order valence-electron chi connectivity index (χ4n) is 1.59. The first-order valence-corrected chi connectivity index (χ1v) is 5.92. The number of amides is 1. The summed E-state index contributed by atoms with van der Waals surface area (Å²) in [5.41, 5.74) is 4.52. The van der Waals surface area contributed by atoms with E-state index in [0.29, 0.717) is 25.8 Å². The van der Waals surface area contributed by atoms with Crippen LogP contribution in [0.4, 0.5) is 13.2 Å². The highest BCUT2D eigenvalue weighted by Gasteiger charge is 2.31. The highest BCUT2D eigenvalue weighted by molar-refractivity contribution is 5.92. The zero-order valence-electron chi connectivity index (χ0n) is 10.6. The van der Waals surface area contributed by atoms with Gasteiger partial charge in [0.1, 0.15) is 5.69 Å². The maximum atomic E-state index is 12.4. The van der Waals surface area contributed by atoms with Crippen LogP contribution < -0.4 is 5.73 Å². The van der Waals surface area contributed by atoms with Gasteiger partial charge in [-0.3, -0.25) is 9.78 Å². The standard InChI is InChI=1S/C12H16F3N3O/c1-2-6-18(7-5-16)11(19)10-4-3-9(8-17-10)12(13,14)15/h3-4,8H,2,5-7,16H2,1H3. The first-order valence-electron chi connectivity index (χ1n) is 5.92. The molecule has 0 aromatic carbocycles. The van der Waals surface area contributed by atoms with E-state index < -0.39 is 17.6 Å². The first-order chi connectivity index (χ1) is 8.90. The molecule has 0 spiro atoms. The lowest BCUT2D eigenvalue weighted by atomic mass is 10.2. The number of aromatic nitrogens is 1. The molecule has 106 valence electrons. The van der Waals surface area contributed by atoms with E-state index in [2.05, 4.69) is 4.98 Å². The predicted molar refractivity (Wildman–Crippen MR) is 64.5 cm³/mol. The third-order valence-corrected chi connectivity index (χ3v) is 2.49. The zero-order chi connectivity index (χ0) is 14.5. The number of hydrogen-bond donors (Lipinski definition) is 1. The van der Waals surface area contributed by atoms with E-state index in [1.807, 2.05) is 6.92 Å². The summed E-state index contributed by atoms with van der Waals surface area (Å²) < 4.78 is 37.1. The second-order valence-corrected chi connectivity index (χ2v) is 4.01. The molecule has 2 N–H and O–H groups in total. The minimum atomic E-state index is -4.45. The Kier molecular flexibility index (Phi) is 5.29. The number of carbonyl (C=O) groups is 1. The molecule has 0 aliphatic carbocycles. The summed E-state index contributed by atoms with van der Waals surface area (Å²) >= 11 is 0. The van der Waals surface area contributed by atoms with E-state index in [1.54, 1.807) is 0 Å². The van der Waals surface area contributed by atoms with E-state index >= 15 is 0 Å². The fourth-order valence-corrected chi connectivity index (χ4v) is 1.59. The molecule has 1 aromatic rings. The molecule has 1 heterocycles. The Labute approximate surface area is 109 Å². The SMILES string of the molecule is CCCN(CCN)C(=O)c1ccc(C(F)(F)F)cn1. The Morgan fingerprint density at radius 2 is 2.05 bits per heavy atom. The van der Waals surface area contributed by atoms with Gasteiger partial charge >= 0.3 is 6.18 Å². The summed E-state index contributed by atoms with van der Waals surface area (Å²) in [6.07, 6.45) is -3.04. The number of nitrogens with two attached hydrogens (primary N) is 1. The van der Waals surface area contributed by atoms with Gasteiger partial charge in [-0.1, -0.05) is 6.92 Å². The molecule has 0 aliphatic rings. The summed E-state index contributed by atoms with van der Waals surface area (Å²) in [6, 6.07) is 1.94. The Hall–Kier alpha value is -1.63. The van der Waals surface area contributed by atoms with Crippen molar-refractivity contribution in [1.29, 1.82) is 0 Å². The number of alkyl halides is 3. The molecule has 0 fully saturated rings. The van der Waals surface area contributed by atoms with Gasteiger partial charge in [-0.05, 0) is 18.6 Å². The van der Waals surface area contributed by atoms with Crippen molar-refractivity contribution < 1.29 is 18.0 Å². The third kappa shape index (κ3) is 4.20. The van der Waals surface area contributed by atoms with Gasteiger partial charge in [-0.25, -0.2) is 0 Å². The summed E-state index contributed by atoms with van der Waals surface area (Å²) in [5.74, 6) is -0.402. The molecule has 0 bridgehead atoms. The lowest BCUT2D eigenvalue weighted by molar-refractivity contribution is -0.137. The Bertz CT molecular complexity index is 411. The second-order valence-electron chi connectivity index (χ2n) is 4.01. The van der Waals surface area contributed by atoms with Crippen LogP contribution in [0, 0.1) is 0 Å². The molecular weight excluding hydrogens is 259 g/mol. The zero-order valence-corrected chi connectivity index (χ0v) is 10.6. The highest BCUT2D eigenvalue weighted by Crippen LogP contribution is 2.28. The highest BCUT2D eigenvalue weighted by atomic mass is 19.4. The molecule has 0 atom stereocenters. The van der Waals surface area contributed by atoms with Gasteiger partial charge in [-0.15, -0.1) is 0 Å². The van der Waals surface area contributed by atoms with Crippen LogP contribution in [0.2, 0.25) is 0 Å². The smallest absolute Gasteiger partial charge is 0.336 e. The van der Waals surface area contributed by atoms with E-state index in [0.717, 1.165) is 18.6 Å². The van der Waals surface area contributed by atoms with Crippen molar-refractivity contribution in [1.82, 2.24) is 9.88 Å². The molecular formula is C12H16F3N3O. The maximum Gasteiger partial charge on any atom is 0.417 e. The normalized spacial score (nSPS) is 11.4. The number of carbonyl (C=O) groups excluding carboxylic acids is 1. The van der Waals surface area contributed by atoms with Crippen molar-refractivity contribution in [2.45, 2.75) is 19.5 Å². The van der Waals surface area contributed by atoms with Crippen LogP contribution in [0.25, 0.3) is 0 Å².